The van der Waals surface area contributed by atoms with Crippen LogP contribution in [0.3, 0.4) is 0 Å². The summed E-state index contributed by atoms with van der Waals surface area (Å²) in [6.45, 7) is 3.05. The summed E-state index contributed by atoms with van der Waals surface area (Å²) in [4.78, 5) is 28.1. The molecule has 2 aliphatic heterocycles. The summed E-state index contributed by atoms with van der Waals surface area (Å²) in [5, 5.41) is 0. The third-order valence-corrected chi connectivity index (χ3v) is 5.29. The Morgan fingerprint density at radius 2 is 1.96 bits per heavy atom. The van der Waals surface area contributed by atoms with Gasteiger partial charge in [-0.3, -0.25) is 9.59 Å². The zero-order valence-electron chi connectivity index (χ0n) is 14.8. The molecule has 0 N–H and O–H groups in total. The first-order valence-electron chi connectivity index (χ1n) is 8.88. The van der Waals surface area contributed by atoms with Gasteiger partial charge in [-0.2, -0.15) is 0 Å². The molecule has 0 unspecified atom stereocenters. The van der Waals surface area contributed by atoms with Crippen LogP contribution >= 0.6 is 0 Å². The van der Waals surface area contributed by atoms with Crippen molar-refractivity contribution in [2.75, 3.05) is 39.9 Å². The standard InChI is InChI=1S/C20H26N2O3/c1-25-15-19(24)21-12-9-20(10-13-21)14-18(23)22(16-20)11-5-8-17-6-3-2-4-7-17/h2-8H,9-16H2,1H3. The smallest absolute Gasteiger partial charge is 0.248 e. The lowest BCUT2D eigenvalue weighted by atomic mass is 9.77. The quantitative estimate of drug-likeness (QED) is 0.824. The molecule has 0 aliphatic carbocycles. The lowest BCUT2D eigenvalue weighted by Gasteiger charge is -2.38. The molecular weight excluding hydrogens is 316 g/mol. The number of carbonyl (C=O) groups excluding carboxylic acids is 2. The Morgan fingerprint density at radius 1 is 1.24 bits per heavy atom. The second-order valence-corrected chi connectivity index (χ2v) is 7.08. The van der Waals surface area contributed by atoms with Crippen LogP contribution < -0.4 is 0 Å². The zero-order chi connectivity index (χ0) is 17.7. The molecule has 2 amide bonds. The van der Waals surface area contributed by atoms with Crippen LogP contribution in [0.15, 0.2) is 36.4 Å². The van der Waals surface area contributed by atoms with Crippen LogP contribution in [0.4, 0.5) is 0 Å². The fraction of sp³-hybridized carbons (Fsp3) is 0.500. The van der Waals surface area contributed by atoms with Gasteiger partial charge in [-0.25, -0.2) is 0 Å². The van der Waals surface area contributed by atoms with Gasteiger partial charge in [-0.15, -0.1) is 0 Å². The van der Waals surface area contributed by atoms with Crippen LogP contribution in [0.2, 0.25) is 0 Å². The highest BCUT2D eigenvalue weighted by Gasteiger charge is 2.44. The lowest BCUT2D eigenvalue weighted by molar-refractivity contribution is -0.137. The molecule has 2 fully saturated rings. The van der Waals surface area contributed by atoms with Crippen molar-refractivity contribution >= 4 is 17.9 Å². The molecule has 1 aromatic carbocycles. The van der Waals surface area contributed by atoms with Crippen molar-refractivity contribution in [1.29, 1.82) is 0 Å². The van der Waals surface area contributed by atoms with E-state index in [1.807, 2.05) is 28.0 Å². The first kappa shape index (κ1) is 17.7. The molecule has 0 bridgehead atoms. The predicted octanol–water partition coefficient (Wildman–Crippen LogP) is 2.19. The number of nitrogens with zero attached hydrogens (tertiary/aromatic N) is 2. The summed E-state index contributed by atoms with van der Waals surface area (Å²) in [6.07, 6.45) is 6.52. The Labute approximate surface area is 149 Å². The first-order chi connectivity index (χ1) is 12.1. The fourth-order valence-electron chi connectivity index (χ4n) is 3.81. The lowest BCUT2D eigenvalue weighted by Crippen LogP contribution is -2.45. The van der Waals surface area contributed by atoms with Crippen molar-refractivity contribution in [2.24, 2.45) is 5.41 Å². The Balaban J connectivity index is 1.52. The van der Waals surface area contributed by atoms with Gasteiger partial charge in [0.25, 0.3) is 0 Å². The molecule has 5 nitrogen and oxygen atoms in total. The molecule has 0 saturated carbocycles. The molecule has 3 rings (SSSR count). The molecular formula is C20H26N2O3. The number of likely N-dealkylation sites (tertiary alicyclic amines) is 2. The minimum atomic E-state index is 0.0432. The number of hydrogen-bond donors (Lipinski definition) is 0. The largest absolute Gasteiger partial charge is 0.375 e. The maximum absolute atomic E-state index is 12.4. The van der Waals surface area contributed by atoms with E-state index in [2.05, 4.69) is 24.3 Å². The van der Waals surface area contributed by atoms with Crippen molar-refractivity contribution in [1.82, 2.24) is 9.80 Å². The summed E-state index contributed by atoms with van der Waals surface area (Å²) >= 11 is 0. The van der Waals surface area contributed by atoms with Gasteiger partial charge in [0.1, 0.15) is 6.61 Å². The van der Waals surface area contributed by atoms with Crippen LogP contribution in [0, 0.1) is 5.41 Å². The molecule has 1 spiro atoms. The third kappa shape index (κ3) is 4.28. The van der Waals surface area contributed by atoms with Crippen molar-refractivity contribution in [3.05, 3.63) is 42.0 Å². The second kappa shape index (κ2) is 7.83. The molecule has 134 valence electrons. The minimum absolute atomic E-state index is 0.0432. The third-order valence-electron chi connectivity index (χ3n) is 5.29. The normalized spacial score (nSPS) is 20.0. The fourth-order valence-corrected chi connectivity index (χ4v) is 3.81. The van der Waals surface area contributed by atoms with E-state index in [0.717, 1.165) is 38.0 Å². The summed E-state index contributed by atoms with van der Waals surface area (Å²) < 4.78 is 4.93. The van der Waals surface area contributed by atoms with E-state index in [0.29, 0.717) is 13.0 Å². The Hall–Kier alpha value is -2.14. The highest BCUT2D eigenvalue weighted by Crippen LogP contribution is 2.40. The van der Waals surface area contributed by atoms with Gasteiger partial charge in [0.15, 0.2) is 0 Å². The average Bonchev–Trinajstić information content (AvgIpc) is 2.92. The monoisotopic (exact) mass is 342 g/mol. The Kier molecular flexibility index (Phi) is 5.53. The molecule has 0 radical (unpaired) electrons. The number of rotatable bonds is 5. The van der Waals surface area contributed by atoms with E-state index in [1.54, 1.807) is 7.11 Å². The first-order valence-corrected chi connectivity index (χ1v) is 8.88. The van der Waals surface area contributed by atoms with Gasteiger partial charge < -0.3 is 14.5 Å². The second-order valence-electron chi connectivity index (χ2n) is 7.08. The highest BCUT2D eigenvalue weighted by atomic mass is 16.5. The van der Waals surface area contributed by atoms with Crippen molar-refractivity contribution in [3.63, 3.8) is 0 Å². The molecule has 0 aromatic heterocycles. The van der Waals surface area contributed by atoms with Gasteiger partial charge in [-0.05, 0) is 18.4 Å². The molecule has 0 atom stereocenters. The number of carbonyl (C=O) groups is 2. The van der Waals surface area contributed by atoms with Crippen LogP contribution in [0.5, 0.6) is 0 Å². The molecule has 5 heteroatoms. The van der Waals surface area contributed by atoms with Crippen LogP contribution in [-0.2, 0) is 14.3 Å². The van der Waals surface area contributed by atoms with Crippen molar-refractivity contribution in [2.45, 2.75) is 19.3 Å². The highest BCUT2D eigenvalue weighted by molar-refractivity contribution is 5.80. The predicted molar refractivity (Wildman–Crippen MR) is 96.8 cm³/mol. The van der Waals surface area contributed by atoms with Gasteiger partial charge in [0.2, 0.25) is 11.8 Å². The van der Waals surface area contributed by atoms with E-state index >= 15 is 0 Å². The number of ether oxygens (including phenoxy) is 1. The summed E-state index contributed by atoms with van der Waals surface area (Å²) in [5.74, 6) is 0.277. The van der Waals surface area contributed by atoms with Crippen LogP contribution in [-0.4, -0.2) is 61.5 Å². The SMILES string of the molecule is COCC(=O)N1CCC2(CC1)CC(=O)N(CC=Cc1ccccc1)C2. The van der Waals surface area contributed by atoms with Crippen LogP contribution in [0.1, 0.15) is 24.8 Å². The summed E-state index contributed by atoms with van der Waals surface area (Å²) in [5.41, 5.74) is 1.19. The van der Waals surface area contributed by atoms with Gasteiger partial charge in [0, 0.05) is 45.1 Å². The van der Waals surface area contributed by atoms with E-state index in [1.165, 1.54) is 0 Å². The number of methoxy groups -OCH3 is 1. The van der Waals surface area contributed by atoms with Gasteiger partial charge in [-0.1, -0.05) is 42.5 Å². The Morgan fingerprint density at radius 3 is 2.64 bits per heavy atom. The van der Waals surface area contributed by atoms with E-state index in [-0.39, 0.29) is 23.8 Å². The topological polar surface area (TPSA) is 49.9 Å². The number of benzene rings is 1. The minimum Gasteiger partial charge on any atom is -0.375 e. The van der Waals surface area contributed by atoms with E-state index < -0.39 is 0 Å². The number of amides is 2. The Bertz CT molecular complexity index is 634. The molecule has 2 heterocycles. The van der Waals surface area contributed by atoms with Gasteiger partial charge >= 0.3 is 0 Å². The maximum atomic E-state index is 12.4. The maximum Gasteiger partial charge on any atom is 0.248 e. The zero-order valence-corrected chi connectivity index (χ0v) is 14.8. The summed E-state index contributed by atoms with van der Waals surface area (Å²) in [7, 11) is 1.54. The molecule has 1 aromatic rings. The van der Waals surface area contributed by atoms with E-state index in [4.69, 9.17) is 4.74 Å². The number of piperidine rings is 1. The molecule has 2 aliphatic rings. The van der Waals surface area contributed by atoms with Crippen molar-refractivity contribution < 1.29 is 14.3 Å². The average molecular weight is 342 g/mol. The molecule has 2 saturated heterocycles. The van der Waals surface area contributed by atoms with Crippen LogP contribution in [0.25, 0.3) is 6.08 Å². The molecule has 25 heavy (non-hydrogen) atoms. The van der Waals surface area contributed by atoms with Gasteiger partial charge in [0.05, 0.1) is 0 Å². The summed E-state index contributed by atoms with van der Waals surface area (Å²) in [6, 6.07) is 10.1. The van der Waals surface area contributed by atoms with E-state index in [9.17, 15) is 9.59 Å². The van der Waals surface area contributed by atoms with Crippen molar-refractivity contribution in [3.8, 4) is 0 Å². The number of hydrogen-bond acceptors (Lipinski definition) is 3.